The number of hydrogen-bond acceptors (Lipinski definition) is 0. The smallest absolute Gasteiger partial charge is 0.201 e. The molecule has 0 unspecified atom stereocenters. The SMILES string of the molecule is C[n+]1cccc2c3c(ccc21)CCCCCCC3. The van der Waals surface area contributed by atoms with Crippen molar-refractivity contribution >= 4 is 10.9 Å². The van der Waals surface area contributed by atoms with Gasteiger partial charge in [0.25, 0.3) is 0 Å². The molecule has 0 saturated heterocycles. The van der Waals surface area contributed by atoms with E-state index in [1.165, 1.54) is 55.8 Å². The highest BCUT2D eigenvalue weighted by atomic mass is 14.9. The van der Waals surface area contributed by atoms with Gasteiger partial charge in [-0.05, 0) is 42.9 Å². The molecule has 1 aliphatic carbocycles. The highest BCUT2D eigenvalue weighted by molar-refractivity contribution is 5.81. The lowest BCUT2D eigenvalue weighted by Crippen LogP contribution is -2.28. The fraction of sp³-hybridized carbons (Fsp3) is 0.471. The van der Waals surface area contributed by atoms with Crippen LogP contribution in [0, 0.1) is 0 Å². The van der Waals surface area contributed by atoms with Crippen LogP contribution in [-0.2, 0) is 19.9 Å². The number of pyridine rings is 1. The minimum absolute atomic E-state index is 1.26. The Bertz CT molecular complexity index is 557. The molecular weight excluding hydrogens is 218 g/mol. The molecule has 0 radical (unpaired) electrons. The first-order chi connectivity index (χ1) is 8.86. The number of benzene rings is 1. The lowest BCUT2D eigenvalue weighted by Gasteiger charge is -2.10. The molecule has 0 aliphatic heterocycles. The Hall–Kier alpha value is -1.37. The number of fused-ring (bicyclic) bond motifs is 3. The standard InChI is InChI=1S/C17H22N/c1-18-13-7-10-16-15-9-6-4-2-3-5-8-14(15)11-12-17(16)18/h7,10-13H,2-6,8-9H2,1H3/q+1. The van der Waals surface area contributed by atoms with Crippen molar-refractivity contribution in [1.82, 2.24) is 0 Å². The van der Waals surface area contributed by atoms with Crippen LogP contribution in [0.3, 0.4) is 0 Å². The van der Waals surface area contributed by atoms with Crippen molar-refractivity contribution in [2.45, 2.75) is 44.9 Å². The molecule has 2 aromatic rings. The summed E-state index contributed by atoms with van der Waals surface area (Å²) in [5.41, 5.74) is 4.58. The molecular formula is C17H22N+. The van der Waals surface area contributed by atoms with Gasteiger partial charge in [-0.3, -0.25) is 0 Å². The molecule has 18 heavy (non-hydrogen) atoms. The lowest BCUT2D eigenvalue weighted by molar-refractivity contribution is -0.644. The third-order valence-corrected chi connectivity index (χ3v) is 4.26. The van der Waals surface area contributed by atoms with Gasteiger partial charge in [0.2, 0.25) is 5.52 Å². The fourth-order valence-electron chi connectivity index (χ4n) is 3.22. The van der Waals surface area contributed by atoms with E-state index in [4.69, 9.17) is 0 Å². The van der Waals surface area contributed by atoms with Crippen molar-refractivity contribution in [3.8, 4) is 0 Å². The number of aryl methyl sites for hydroxylation is 3. The van der Waals surface area contributed by atoms with Gasteiger partial charge >= 0.3 is 0 Å². The normalized spacial score (nSPS) is 16.7. The maximum absolute atomic E-state index is 2.36. The quantitative estimate of drug-likeness (QED) is 0.618. The van der Waals surface area contributed by atoms with Crippen LogP contribution < -0.4 is 4.57 Å². The van der Waals surface area contributed by atoms with Crippen molar-refractivity contribution in [2.24, 2.45) is 7.05 Å². The molecule has 0 atom stereocenters. The van der Waals surface area contributed by atoms with Crippen molar-refractivity contribution in [2.75, 3.05) is 0 Å². The van der Waals surface area contributed by atoms with Crippen LogP contribution in [0.25, 0.3) is 10.9 Å². The van der Waals surface area contributed by atoms with Crippen LogP contribution >= 0.6 is 0 Å². The summed E-state index contributed by atoms with van der Waals surface area (Å²) < 4.78 is 2.24. The Morgan fingerprint density at radius 2 is 1.67 bits per heavy atom. The Balaban J connectivity index is 2.15. The number of aromatic nitrogens is 1. The van der Waals surface area contributed by atoms with Gasteiger partial charge in [0.1, 0.15) is 7.05 Å². The maximum atomic E-state index is 2.36. The Labute approximate surface area is 109 Å². The van der Waals surface area contributed by atoms with Crippen molar-refractivity contribution in [3.63, 3.8) is 0 Å². The minimum atomic E-state index is 1.26. The van der Waals surface area contributed by atoms with E-state index in [-0.39, 0.29) is 0 Å². The van der Waals surface area contributed by atoms with E-state index in [9.17, 15) is 0 Å². The Kier molecular flexibility index (Phi) is 3.31. The van der Waals surface area contributed by atoms with Crippen LogP contribution in [0.5, 0.6) is 0 Å². The molecule has 0 fully saturated rings. The number of nitrogens with zero attached hydrogens (tertiary/aromatic N) is 1. The third-order valence-electron chi connectivity index (χ3n) is 4.26. The minimum Gasteiger partial charge on any atom is -0.201 e. The van der Waals surface area contributed by atoms with E-state index in [1.807, 2.05) is 0 Å². The summed E-state index contributed by atoms with van der Waals surface area (Å²) in [5.74, 6) is 0. The first kappa shape index (κ1) is 11.7. The molecule has 1 aromatic carbocycles. The predicted molar refractivity (Wildman–Crippen MR) is 75.6 cm³/mol. The summed E-state index contributed by atoms with van der Waals surface area (Å²) in [4.78, 5) is 0. The maximum Gasteiger partial charge on any atom is 0.212 e. The highest BCUT2D eigenvalue weighted by Gasteiger charge is 2.13. The second-order valence-corrected chi connectivity index (χ2v) is 5.52. The van der Waals surface area contributed by atoms with Gasteiger partial charge in [0.15, 0.2) is 6.20 Å². The molecule has 3 rings (SSSR count). The molecule has 1 aromatic heterocycles. The summed E-state index contributed by atoms with van der Waals surface area (Å²) in [5, 5.41) is 1.47. The van der Waals surface area contributed by atoms with Crippen LogP contribution in [0.15, 0.2) is 30.5 Å². The van der Waals surface area contributed by atoms with E-state index in [1.54, 1.807) is 11.1 Å². The van der Waals surface area contributed by atoms with E-state index in [0.717, 1.165) is 0 Å². The van der Waals surface area contributed by atoms with Crippen LogP contribution in [-0.4, -0.2) is 0 Å². The first-order valence-corrected chi connectivity index (χ1v) is 7.25. The van der Waals surface area contributed by atoms with Gasteiger partial charge in [-0.2, -0.15) is 0 Å². The van der Waals surface area contributed by atoms with Gasteiger partial charge in [-0.1, -0.05) is 25.3 Å². The van der Waals surface area contributed by atoms with E-state index < -0.39 is 0 Å². The summed E-state index contributed by atoms with van der Waals surface area (Å²) >= 11 is 0. The van der Waals surface area contributed by atoms with E-state index in [2.05, 4.69) is 42.1 Å². The fourth-order valence-corrected chi connectivity index (χ4v) is 3.22. The van der Waals surface area contributed by atoms with E-state index >= 15 is 0 Å². The van der Waals surface area contributed by atoms with Crippen molar-refractivity contribution in [3.05, 3.63) is 41.6 Å². The van der Waals surface area contributed by atoms with Gasteiger partial charge in [0.05, 0.1) is 0 Å². The number of hydrogen-bond donors (Lipinski definition) is 0. The molecule has 1 nitrogen and oxygen atoms in total. The van der Waals surface area contributed by atoms with Gasteiger partial charge in [-0.15, -0.1) is 0 Å². The summed E-state index contributed by atoms with van der Waals surface area (Å²) in [6.45, 7) is 0. The molecule has 0 bridgehead atoms. The molecule has 0 saturated carbocycles. The summed E-state index contributed by atoms with van der Waals surface area (Å²) in [7, 11) is 2.14. The lowest BCUT2D eigenvalue weighted by atomic mass is 9.95. The highest BCUT2D eigenvalue weighted by Crippen LogP contribution is 2.25. The summed E-state index contributed by atoms with van der Waals surface area (Å²) in [6, 6.07) is 9.14. The second kappa shape index (κ2) is 5.09. The van der Waals surface area contributed by atoms with Crippen LogP contribution in [0.4, 0.5) is 0 Å². The van der Waals surface area contributed by atoms with Crippen molar-refractivity contribution < 1.29 is 4.57 Å². The molecule has 0 spiro atoms. The molecule has 94 valence electrons. The molecule has 1 heterocycles. The van der Waals surface area contributed by atoms with Gasteiger partial charge in [-0.25, -0.2) is 4.57 Å². The second-order valence-electron chi connectivity index (χ2n) is 5.52. The average Bonchev–Trinajstić information content (AvgIpc) is 2.50. The Morgan fingerprint density at radius 1 is 0.889 bits per heavy atom. The van der Waals surface area contributed by atoms with Crippen LogP contribution in [0.1, 0.15) is 43.2 Å². The largest absolute Gasteiger partial charge is 0.212 e. The predicted octanol–water partition coefficient (Wildman–Crippen LogP) is 3.71. The first-order valence-electron chi connectivity index (χ1n) is 7.25. The molecule has 1 aliphatic rings. The summed E-state index contributed by atoms with van der Waals surface area (Å²) in [6.07, 6.45) is 11.6. The molecule has 0 N–H and O–H groups in total. The topological polar surface area (TPSA) is 3.88 Å². The zero-order valence-electron chi connectivity index (χ0n) is 11.3. The monoisotopic (exact) mass is 240 g/mol. The zero-order chi connectivity index (χ0) is 12.4. The third kappa shape index (κ3) is 2.14. The Morgan fingerprint density at radius 3 is 2.56 bits per heavy atom. The van der Waals surface area contributed by atoms with Gasteiger partial charge in [0, 0.05) is 17.5 Å². The van der Waals surface area contributed by atoms with Crippen LogP contribution in [0.2, 0.25) is 0 Å². The molecule has 1 heteroatoms. The average molecular weight is 240 g/mol. The van der Waals surface area contributed by atoms with Gasteiger partial charge < -0.3 is 0 Å². The molecule has 0 amide bonds. The van der Waals surface area contributed by atoms with Crippen molar-refractivity contribution in [1.29, 1.82) is 0 Å². The zero-order valence-corrected chi connectivity index (χ0v) is 11.3. The van der Waals surface area contributed by atoms with E-state index in [0.29, 0.717) is 0 Å². The number of rotatable bonds is 0.